The summed E-state index contributed by atoms with van der Waals surface area (Å²) in [5, 5.41) is 24.2. The molecule has 0 aromatic heterocycles. The first-order chi connectivity index (χ1) is 34.4. The smallest absolute Gasteiger partial charge is 0.244 e. The zero-order chi connectivity index (χ0) is 53.6. The quantitative estimate of drug-likeness (QED) is 0.0546. The molecule has 0 bridgehead atoms. The summed E-state index contributed by atoms with van der Waals surface area (Å²) in [5.41, 5.74) is 24.3. The number of nitrogens with one attached hydrogen (secondary N) is 9. The Bertz CT molecular complexity index is 1870. The number of carbonyl (C=O) groups excluding carboxylic acids is 9. The molecule has 0 unspecified atom stereocenters. The van der Waals surface area contributed by atoms with E-state index in [2.05, 4.69) is 54.8 Å². The number of benzene rings is 1. The largest absolute Gasteiger partial charge is 0.354 e. The van der Waals surface area contributed by atoms with Gasteiger partial charge in [0.25, 0.3) is 0 Å². The fraction of sp³-hybridized carbons (Fsp3) is 0.700. The zero-order valence-electron chi connectivity index (χ0n) is 43.3. The van der Waals surface area contributed by atoms with Gasteiger partial charge in [-0.3, -0.25) is 43.2 Å². The van der Waals surface area contributed by atoms with Gasteiger partial charge in [0.05, 0.1) is 0 Å². The highest BCUT2D eigenvalue weighted by Gasteiger charge is 2.35. The van der Waals surface area contributed by atoms with Gasteiger partial charge < -0.3 is 70.8 Å². The second-order valence-corrected chi connectivity index (χ2v) is 19.4. The third-order valence-corrected chi connectivity index (χ3v) is 12.1. The summed E-state index contributed by atoms with van der Waals surface area (Å²) in [7, 11) is 0. The topological polar surface area (TPSA) is 366 Å². The highest BCUT2D eigenvalue weighted by atomic mass is 16.2. The van der Waals surface area contributed by atoms with Gasteiger partial charge in [-0.1, -0.05) is 103 Å². The Morgan fingerprint density at radius 2 is 1.00 bits per heavy atom. The van der Waals surface area contributed by atoms with Gasteiger partial charge in [0.1, 0.15) is 48.3 Å². The van der Waals surface area contributed by atoms with Crippen molar-refractivity contribution in [3.63, 3.8) is 0 Å². The molecule has 22 nitrogen and oxygen atoms in total. The molecule has 1 aromatic rings. The Morgan fingerprint density at radius 1 is 0.569 bits per heavy atom. The van der Waals surface area contributed by atoms with Crippen LogP contribution < -0.4 is 70.8 Å². The van der Waals surface area contributed by atoms with E-state index >= 15 is 0 Å². The van der Waals surface area contributed by atoms with Crippen molar-refractivity contribution < 1.29 is 43.2 Å². The van der Waals surface area contributed by atoms with Gasteiger partial charge in [0.15, 0.2) is 0 Å². The Labute approximate surface area is 425 Å². The van der Waals surface area contributed by atoms with Crippen LogP contribution in [-0.2, 0) is 49.6 Å². The summed E-state index contributed by atoms with van der Waals surface area (Å²) < 4.78 is 0. The van der Waals surface area contributed by atoms with Crippen LogP contribution in [-0.4, -0.2) is 134 Å². The number of carbonyl (C=O) groups is 9. The molecule has 9 amide bonds. The van der Waals surface area contributed by atoms with Crippen LogP contribution in [0.4, 0.5) is 0 Å². The number of hydrogen-bond donors (Lipinski definition) is 13. The molecule has 22 heteroatoms. The maximum absolute atomic E-state index is 14.3. The summed E-state index contributed by atoms with van der Waals surface area (Å²) in [6.45, 7) is 8.78. The molecular formula is C50H87N13O9. The van der Waals surface area contributed by atoms with Crippen LogP contribution in [0.2, 0.25) is 0 Å². The fourth-order valence-electron chi connectivity index (χ4n) is 8.15. The summed E-state index contributed by atoms with van der Waals surface area (Å²) in [6.07, 6.45) is 6.89. The lowest BCUT2D eigenvalue weighted by molar-refractivity contribution is -0.136. The molecule has 1 heterocycles. The molecule has 0 aliphatic carbocycles. The third-order valence-electron chi connectivity index (χ3n) is 12.1. The molecule has 1 aromatic carbocycles. The van der Waals surface area contributed by atoms with E-state index < -0.39 is 101 Å². The second kappa shape index (κ2) is 34.6. The predicted octanol–water partition coefficient (Wildman–Crippen LogP) is -1.13. The van der Waals surface area contributed by atoms with Crippen LogP contribution in [0.25, 0.3) is 0 Å². The Hall–Kier alpha value is -5.71. The van der Waals surface area contributed by atoms with Crippen LogP contribution in [0.1, 0.15) is 130 Å². The van der Waals surface area contributed by atoms with Crippen LogP contribution >= 0.6 is 0 Å². The minimum atomic E-state index is -1.43. The van der Waals surface area contributed by atoms with E-state index in [4.69, 9.17) is 22.9 Å². The van der Waals surface area contributed by atoms with E-state index in [0.29, 0.717) is 12.0 Å². The van der Waals surface area contributed by atoms with Crippen LogP contribution in [0.15, 0.2) is 30.3 Å². The standard InChI is InChI=1S/C50H87N13O9/c1-6-7-8-9-10-11-15-18-42(64)56-41(30-54)50(72)60-37-22-26-55-43(65)38(27-31(2)3)61-45(67)35(20-24-52)57-44(66)34(19-23-51)59-48(70)39(28-32(4)5)62-49(71)40(29-33-16-13-12-14-17-33)63-46(68)36(21-25-53)58-47(37)69/h12-14,16-17,31-32,34-41H,6-11,15,18-30,51-54H2,1-5H3,(H,55,65)(H,56,64)(H,57,66)(H,58,69)(H,59,70)(H,60,72)(H,61,67)(H,62,71)(H,63,68)/t34-,35-,36-,37-,38-,39-,40+,41+/m0/s1. The maximum Gasteiger partial charge on any atom is 0.244 e. The number of amides is 9. The van der Waals surface area contributed by atoms with Gasteiger partial charge in [-0.05, 0) is 82.0 Å². The zero-order valence-corrected chi connectivity index (χ0v) is 43.3. The Kier molecular flexibility index (Phi) is 30.0. The van der Waals surface area contributed by atoms with Gasteiger partial charge in [0.2, 0.25) is 53.2 Å². The van der Waals surface area contributed by atoms with E-state index in [9.17, 15) is 43.2 Å². The molecule has 0 radical (unpaired) electrons. The average Bonchev–Trinajstić information content (AvgIpc) is 3.33. The summed E-state index contributed by atoms with van der Waals surface area (Å²) in [6, 6.07) is -1.38. The molecule has 0 saturated carbocycles. The molecule has 8 atom stereocenters. The lowest BCUT2D eigenvalue weighted by Gasteiger charge is -2.28. The van der Waals surface area contributed by atoms with Crippen molar-refractivity contribution in [2.75, 3.05) is 32.7 Å². The SMILES string of the molecule is CCCCCCCCCC(=O)N[C@H](CN)C(=O)N[C@H]1CCNC(=O)[C@H](CC(C)C)NC(=O)[C@H](CCN)NC(=O)[C@H](CCN)NC(=O)[C@H](CC(C)C)NC(=O)[C@@H](Cc2ccccc2)NC(=O)[C@H](CCN)NC1=O. The Balaban J connectivity index is 2.64. The molecular weight excluding hydrogens is 927 g/mol. The minimum absolute atomic E-state index is 0.0360. The first-order valence-electron chi connectivity index (χ1n) is 25.9. The third kappa shape index (κ3) is 23.7. The van der Waals surface area contributed by atoms with Crippen molar-refractivity contribution in [3.05, 3.63) is 35.9 Å². The summed E-state index contributed by atoms with van der Waals surface area (Å²) in [5.74, 6) is -6.70. The van der Waals surface area contributed by atoms with Crippen molar-refractivity contribution >= 4 is 53.2 Å². The van der Waals surface area contributed by atoms with Crippen molar-refractivity contribution in [1.29, 1.82) is 0 Å². The van der Waals surface area contributed by atoms with Crippen molar-refractivity contribution in [1.82, 2.24) is 47.9 Å². The van der Waals surface area contributed by atoms with E-state index in [1.54, 1.807) is 30.3 Å². The van der Waals surface area contributed by atoms with Crippen molar-refractivity contribution in [3.8, 4) is 0 Å². The normalized spacial score (nSPS) is 22.9. The number of rotatable bonds is 24. The summed E-state index contributed by atoms with van der Waals surface area (Å²) in [4.78, 5) is 125. The van der Waals surface area contributed by atoms with E-state index in [-0.39, 0.29) is 95.9 Å². The monoisotopic (exact) mass is 1010 g/mol. The molecule has 406 valence electrons. The van der Waals surface area contributed by atoms with E-state index in [1.807, 2.05) is 27.7 Å². The minimum Gasteiger partial charge on any atom is -0.354 e. The van der Waals surface area contributed by atoms with Gasteiger partial charge in [-0.25, -0.2) is 0 Å². The van der Waals surface area contributed by atoms with Gasteiger partial charge in [-0.2, -0.15) is 0 Å². The van der Waals surface area contributed by atoms with Crippen LogP contribution in [0.3, 0.4) is 0 Å². The number of unbranched alkanes of at least 4 members (excludes halogenated alkanes) is 6. The number of nitrogens with two attached hydrogens (primary N) is 4. The van der Waals surface area contributed by atoms with Gasteiger partial charge >= 0.3 is 0 Å². The molecule has 1 aliphatic heterocycles. The first kappa shape index (κ1) is 62.4. The molecule has 0 spiro atoms. The van der Waals surface area contributed by atoms with Crippen molar-refractivity contribution in [2.24, 2.45) is 34.8 Å². The lowest BCUT2D eigenvalue weighted by atomic mass is 10.00. The lowest BCUT2D eigenvalue weighted by Crippen LogP contribution is -2.61. The molecule has 1 fully saturated rings. The molecule has 2 rings (SSSR count). The molecule has 1 saturated heterocycles. The molecule has 17 N–H and O–H groups in total. The highest BCUT2D eigenvalue weighted by molar-refractivity contribution is 5.98. The van der Waals surface area contributed by atoms with Gasteiger partial charge in [0, 0.05) is 25.9 Å². The Morgan fingerprint density at radius 3 is 1.49 bits per heavy atom. The second-order valence-electron chi connectivity index (χ2n) is 19.4. The highest BCUT2D eigenvalue weighted by Crippen LogP contribution is 2.12. The van der Waals surface area contributed by atoms with Crippen molar-refractivity contribution in [2.45, 2.75) is 179 Å². The molecule has 1 aliphatic rings. The number of hydrogen-bond acceptors (Lipinski definition) is 13. The van der Waals surface area contributed by atoms with E-state index in [1.165, 1.54) is 0 Å². The predicted molar refractivity (Wildman–Crippen MR) is 275 cm³/mol. The van der Waals surface area contributed by atoms with Gasteiger partial charge in [-0.15, -0.1) is 0 Å². The fourth-order valence-corrected chi connectivity index (χ4v) is 8.15. The van der Waals surface area contributed by atoms with E-state index in [0.717, 1.165) is 38.5 Å². The summed E-state index contributed by atoms with van der Waals surface area (Å²) >= 11 is 0. The maximum atomic E-state index is 14.3. The molecule has 72 heavy (non-hydrogen) atoms. The average molecular weight is 1010 g/mol. The van der Waals surface area contributed by atoms with Crippen LogP contribution in [0.5, 0.6) is 0 Å². The first-order valence-corrected chi connectivity index (χ1v) is 25.9. The van der Waals surface area contributed by atoms with Crippen LogP contribution in [0, 0.1) is 11.8 Å².